The monoisotopic (exact) mass is 1470 g/mol. The molecule has 10 atom stereocenters. The first-order valence-electron chi connectivity index (χ1n) is 31.9. The molecule has 0 saturated heterocycles. The van der Waals surface area contributed by atoms with Crippen LogP contribution in [0.4, 0.5) is 0 Å². The molecule has 0 aliphatic heterocycles. The van der Waals surface area contributed by atoms with Crippen LogP contribution in [0.1, 0.15) is 98.0 Å². The molecular weight excluding hydrogens is 1380 g/mol. The summed E-state index contributed by atoms with van der Waals surface area (Å²) in [4.78, 5) is 246. The van der Waals surface area contributed by atoms with Gasteiger partial charge in [-0.1, -0.05) is 58.0 Å². The van der Waals surface area contributed by atoms with E-state index < -0.39 is 257 Å². The molecule has 0 aliphatic rings. The van der Waals surface area contributed by atoms with Gasteiger partial charge in [0.2, 0.25) is 82.7 Å². The second-order valence-electron chi connectivity index (χ2n) is 23.7. The van der Waals surface area contributed by atoms with Crippen molar-refractivity contribution in [3.8, 4) is 0 Å². The Balaban J connectivity index is 3.15. The number of rotatable bonds is 49. The minimum atomic E-state index is -2.00. The molecule has 0 radical (unpaired) electrons. The Kier molecular flexibility index (Phi) is 40.5. The van der Waals surface area contributed by atoms with E-state index >= 15 is 0 Å². The predicted molar refractivity (Wildman–Crippen MR) is 353 cm³/mol. The van der Waals surface area contributed by atoms with Crippen LogP contribution in [-0.2, 0) is 97.5 Å². The Bertz CT molecular complexity index is 3220. The van der Waals surface area contributed by atoms with Gasteiger partial charge in [-0.05, 0) is 56.4 Å². The van der Waals surface area contributed by atoms with Gasteiger partial charge in [0.25, 0.3) is 0 Å². The second kappa shape index (κ2) is 46.6. The van der Waals surface area contributed by atoms with Crippen LogP contribution in [-0.4, -0.2) is 255 Å². The maximum atomic E-state index is 14.3. The lowest BCUT2D eigenvalue weighted by molar-refractivity contribution is -0.143. The number of carbonyl (C=O) groups is 19. The zero-order valence-corrected chi connectivity index (χ0v) is 57.0. The summed E-state index contributed by atoms with van der Waals surface area (Å²) < 4.78 is 0. The van der Waals surface area contributed by atoms with Gasteiger partial charge >= 0.3 is 29.8 Å². The quantitative estimate of drug-likeness (QED) is 0.00947. The number of benzene rings is 1. The normalized spacial score (nSPS) is 13.7. The summed E-state index contributed by atoms with van der Waals surface area (Å²) in [7, 11) is 0. The second-order valence-corrected chi connectivity index (χ2v) is 23.7. The van der Waals surface area contributed by atoms with Crippen molar-refractivity contribution in [2.75, 3.05) is 45.9 Å². The maximum Gasteiger partial charge on any atom is 0.326 e. The molecule has 0 heterocycles. The van der Waals surface area contributed by atoms with Gasteiger partial charge in [0.05, 0.1) is 58.2 Å². The van der Waals surface area contributed by atoms with Gasteiger partial charge in [0.15, 0.2) is 5.96 Å². The highest BCUT2D eigenvalue weighted by atomic mass is 16.4. The number of carbonyl (C=O) groups excluding carboxylic acids is 14. The zero-order valence-electron chi connectivity index (χ0n) is 57.0. The summed E-state index contributed by atoms with van der Waals surface area (Å²) in [5, 5.41) is 87.7. The largest absolute Gasteiger partial charge is 0.481 e. The number of hydrogen-bond acceptors (Lipinski definition) is 22. The van der Waals surface area contributed by atoms with E-state index in [-0.39, 0.29) is 44.1 Å². The van der Waals surface area contributed by atoms with Crippen molar-refractivity contribution in [2.45, 2.75) is 159 Å². The highest BCUT2D eigenvalue weighted by molar-refractivity contribution is 6.00. The molecule has 1 aromatic carbocycles. The number of aliphatic carboxylic acids is 5. The Morgan fingerprint density at radius 3 is 1.33 bits per heavy atom. The Labute approximate surface area is 588 Å². The van der Waals surface area contributed by atoms with Crippen LogP contribution in [0.3, 0.4) is 0 Å². The number of aliphatic hydroxyl groups is 1. The van der Waals surface area contributed by atoms with Gasteiger partial charge in [0, 0.05) is 25.8 Å². The number of amides is 14. The number of guanidine groups is 1. The Hall–Kier alpha value is -11.7. The first kappa shape index (κ1) is 89.4. The highest BCUT2D eigenvalue weighted by Crippen LogP contribution is 2.11. The fourth-order valence-electron chi connectivity index (χ4n) is 8.82. The smallest absolute Gasteiger partial charge is 0.326 e. The van der Waals surface area contributed by atoms with Crippen molar-refractivity contribution in [1.29, 1.82) is 0 Å². The number of aliphatic imine (C=N–C) groups is 1. The molecule has 0 unspecified atom stereocenters. The topological polar surface area (TPSA) is 705 Å². The van der Waals surface area contributed by atoms with Gasteiger partial charge in [-0.25, -0.2) is 4.79 Å². The summed E-state index contributed by atoms with van der Waals surface area (Å²) >= 11 is 0. The Morgan fingerprint density at radius 1 is 0.417 bits per heavy atom. The molecule has 43 heteroatoms. The lowest BCUT2D eigenvalue weighted by Crippen LogP contribution is -2.59. The van der Waals surface area contributed by atoms with Crippen molar-refractivity contribution in [1.82, 2.24) is 74.4 Å². The third-order valence-electron chi connectivity index (χ3n) is 14.2. The van der Waals surface area contributed by atoms with Crippen LogP contribution in [0.5, 0.6) is 0 Å². The van der Waals surface area contributed by atoms with Gasteiger partial charge in [-0.15, -0.1) is 0 Å². The number of hydrogen-bond donors (Lipinski definition) is 23. The number of nitrogens with zero attached hydrogens (tertiary/aromatic N) is 1. The molecule has 26 N–H and O–H groups in total. The van der Waals surface area contributed by atoms with Crippen LogP contribution in [0.2, 0.25) is 0 Å². The molecule has 0 aliphatic carbocycles. The first-order chi connectivity index (χ1) is 48.2. The summed E-state index contributed by atoms with van der Waals surface area (Å²) in [6.45, 7) is 2.33. The number of carboxylic acid groups (broad SMARTS) is 5. The van der Waals surface area contributed by atoms with E-state index in [9.17, 15) is 117 Å². The molecule has 0 fully saturated rings. The Morgan fingerprint density at radius 2 is 0.845 bits per heavy atom. The van der Waals surface area contributed by atoms with Crippen molar-refractivity contribution in [3.63, 3.8) is 0 Å². The molecular formula is C60H92N18O25. The van der Waals surface area contributed by atoms with E-state index in [0.29, 0.717) is 5.56 Å². The predicted octanol–water partition coefficient (Wildman–Crippen LogP) is -9.97. The molecule has 1 aromatic rings. The van der Waals surface area contributed by atoms with E-state index in [4.69, 9.17) is 22.3 Å². The molecule has 0 saturated carbocycles. The third kappa shape index (κ3) is 37.9. The summed E-state index contributed by atoms with van der Waals surface area (Å²) in [5.41, 5.74) is 16.4. The lowest BCUT2D eigenvalue weighted by Gasteiger charge is -2.27. The first-order valence-corrected chi connectivity index (χ1v) is 31.9. The van der Waals surface area contributed by atoms with Gasteiger partial charge in [-0.3, -0.25) is 91.3 Å². The SMILES string of the molecule is CC(C)C[C@@H](NC(=O)[C@H](Cc1ccccc1)NC(=O)[C@@H](CC(=O)O)NC(=O)CNC(=O)[C@@H](CCC(=O)O)NC(=O)CNC(=O)[C@@H](CO)NC(=O)[C@H](N)CC(=O)O)C(=O)N[C@H](C)C(=O)N[C@H](CCC(=O)O)C(=O)NCC(=O)NCC(=O)NCC(=O)[15NH][13C@H]([13C](=O)N[C@H](CCCN=C(N)N)C(=O)O)[13CH]([13CH3])[13CH3]. The zero-order chi connectivity index (χ0) is 78.2. The van der Waals surface area contributed by atoms with E-state index in [1.165, 1.54) is 0 Å². The standard InChI is InChI=1S/C60H92N18O25/c1-28(2)18-36(55(98)70-30(5)50(93)73-34(14-16-46(87)88)53(96)67-23-41(81)65-22-40(80)66-24-44(84)78-49(29(3)4)58(101)74-35(59(102)103)12-9-17-64-60(62)63)75-56(99)37(19-31-10-7-6-8-11-31)76-57(100)38(21-48(91)92)72-43(83)26-68-52(95)33(13-15-45(85)86)71-42(82)25-69-54(97)39(27-79)77-51(94)32(61)20-47(89)90/h6-8,10-11,28-30,32-39,49,79H,9,12-27,61H2,1-5H3,(H,65,81)(H,66,80)(H,67,96)(H,68,95)(H,69,97)(H,70,98)(H,71,82)(H,72,83)(H,73,93)(H,74,101)(H,75,99)(H,76,100)(H,77,94)(H,78,84)(H,85,86)(H,87,88)(H,89,90)(H,91,92)(H,102,103)(H4,62,63,64)/t30-,32-,33-,34-,35-,36-,37+,38-,39-,49+/m1/s1/i3+1,4+1,29+1,49+1,58+1,78+1. The van der Waals surface area contributed by atoms with Gasteiger partial charge < -0.3 is 122 Å². The molecule has 0 aromatic heterocycles. The van der Waals surface area contributed by atoms with Crippen molar-refractivity contribution in [3.05, 3.63) is 35.9 Å². The van der Waals surface area contributed by atoms with Gasteiger partial charge in [0.1, 0.15) is 54.4 Å². The molecule has 0 bridgehead atoms. The van der Waals surface area contributed by atoms with E-state index in [1.807, 2.05) is 10.6 Å². The average molecular weight is 1470 g/mol. The fraction of sp³-hybridized carbons (Fsp3) is 0.567. The average Bonchev–Trinajstić information content (AvgIpc) is 0.847. The number of nitrogens with two attached hydrogens (primary N) is 3. The van der Waals surface area contributed by atoms with Crippen molar-refractivity contribution < 1.29 is 122 Å². The number of aliphatic hydroxyl groups excluding tert-OH is 1. The van der Waals surface area contributed by atoms with Gasteiger partial charge in [-0.2, -0.15) is 0 Å². The summed E-state index contributed by atoms with van der Waals surface area (Å²) in [6.07, 6.45) is -4.92. The van der Waals surface area contributed by atoms with Crippen LogP contribution >= 0.6 is 0 Å². The minimum absolute atomic E-state index is 0.0528. The molecule has 0 spiro atoms. The molecule has 1 rings (SSSR count). The highest BCUT2D eigenvalue weighted by Gasteiger charge is 2.35. The lowest BCUT2D eigenvalue weighted by atomic mass is 10.0. The van der Waals surface area contributed by atoms with Crippen LogP contribution in [0, 0.1) is 11.8 Å². The van der Waals surface area contributed by atoms with E-state index in [0.717, 1.165) is 6.92 Å². The maximum absolute atomic E-state index is 14.3. The molecule has 43 nitrogen and oxygen atoms in total. The molecule has 14 amide bonds. The van der Waals surface area contributed by atoms with Crippen LogP contribution < -0.4 is 91.6 Å². The van der Waals surface area contributed by atoms with E-state index in [2.05, 4.69) is 68.8 Å². The molecule has 103 heavy (non-hydrogen) atoms. The fourth-order valence-corrected chi connectivity index (χ4v) is 8.82. The van der Waals surface area contributed by atoms with E-state index in [1.54, 1.807) is 58.0 Å². The van der Waals surface area contributed by atoms with Crippen LogP contribution in [0.15, 0.2) is 35.3 Å². The minimum Gasteiger partial charge on any atom is -0.481 e. The number of carboxylic acids is 5. The van der Waals surface area contributed by atoms with Crippen molar-refractivity contribution >= 4 is 119 Å². The van der Waals surface area contributed by atoms with Crippen LogP contribution in [0.25, 0.3) is 0 Å². The summed E-state index contributed by atoms with van der Waals surface area (Å²) in [5.74, 6) is -23.5. The third-order valence-corrected chi connectivity index (χ3v) is 14.2. The summed E-state index contributed by atoms with van der Waals surface area (Å²) in [6, 6.07) is -8.22. The van der Waals surface area contributed by atoms with Crippen molar-refractivity contribution in [2.24, 2.45) is 34.0 Å². The number of nitrogens with one attached hydrogen (secondary N) is 14. The molecule has 572 valence electrons.